The number of carbonyl (C=O) groups is 1. The molecule has 4 rings (SSSR count). The van der Waals surface area contributed by atoms with Crippen LogP contribution in [0.2, 0.25) is 5.02 Å². The Morgan fingerprint density at radius 3 is 2.38 bits per heavy atom. The summed E-state index contributed by atoms with van der Waals surface area (Å²) in [4.78, 5) is 21.6. The summed E-state index contributed by atoms with van der Waals surface area (Å²) in [5, 5.41) is 3.57. The van der Waals surface area contributed by atoms with Crippen molar-refractivity contribution in [2.24, 2.45) is 0 Å². The number of amides is 1. The maximum atomic E-state index is 12.4. The Morgan fingerprint density at radius 2 is 1.68 bits per heavy atom. The largest absolute Gasteiger partial charge is 0.493 e. The maximum absolute atomic E-state index is 12.4. The normalized spacial score (nSPS) is 14.0. The lowest BCUT2D eigenvalue weighted by Crippen LogP contribution is -2.46. The fraction of sp³-hybridized carbons (Fsp3) is 0.308. The van der Waals surface area contributed by atoms with Gasteiger partial charge in [0.1, 0.15) is 5.82 Å². The molecule has 0 radical (unpaired) electrons. The van der Waals surface area contributed by atoms with E-state index in [9.17, 15) is 4.79 Å². The Labute approximate surface area is 205 Å². The van der Waals surface area contributed by atoms with Crippen molar-refractivity contribution in [3.05, 3.63) is 82.5 Å². The summed E-state index contributed by atoms with van der Waals surface area (Å²) >= 11 is 5.90. The van der Waals surface area contributed by atoms with Gasteiger partial charge in [-0.1, -0.05) is 17.7 Å². The summed E-state index contributed by atoms with van der Waals surface area (Å²) < 4.78 is 10.8. The third kappa shape index (κ3) is 5.98. The van der Waals surface area contributed by atoms with Crippen LogP contribution in [0.5, 0.6) is 11.5 Å². The molecule has 0 aliphatic carbocycles. The number of piperazine rings is 1. The molecule has 1 N–H and O–H groups in total. The van der Waals surface area contributed by atoms with Gasteiger partial charge in [-0.25, -0.2) is 4.98 Å². The number of halogens is 1. The smallest absolute Gasteiger partial charge is 0.251 e. The van der Waals surface area contributed by atoms with Gasteiger partial charge >= 0.3 is 0 Å². The van der Waals surface area contributed by atoms with Gasteiger partial charge in [-0.2, -0.15) is 0 Å². The molecule has 1 aromatic heterocycles. The Hall–Kier alpha value is -3.29. The monoisotopic (exact) mass is 480 g/mol. The molecular formula is C26H29ClN4O3. The van der Waals surface area contributed by atoms with Crippen molar-refractivity contribution in [1.29, 1.82) is 0 Å². The second kappa shape index (κ2) is 11.2. The number of carbonyl (C=O) groups excluding carboxylic acids is 1. The number of pyridine rings is 1. The van der Waals surface area contributed by atoms with E-state index in [1.54, 1.807) is 44.7 Å². The van der Waals surface area contributed by atoms with Crippen LogP contribution < -0.4 is 19.7 Å². The summed E-state index contributed by atoms with van der Waals surface area (Å²) in [6, 6.07) is 16.9. The first-order chi connectivity index (χ1) is 16.6. The number of hydrogen-bond acceptors (Lipinski definition) is 6. The number of ether oxygens (including phenoxy) is 2. The molecule has 7 nitrogen and oxygen atoms in total. The molecule has 0 atom stereocenters. The predicted molar refractivity (Wildman–Crippen MR) is 134 cm³/mol. The lowest BCUT2D eigenvalue weighted by molar-refractivity contribution is 0.0951. The zero-order valence-corrected chi connectivity index (χ0v) is 20.2. The van der Waals surface area contributed by atoms with Crippen molar-refractivity contribution in [2.75, 3.05) is 45.3 Å². The molecule has 2 aromatic carbocycles. The van der Waals surface area contributed by atoms with Crippen molar-refractivity contribution >= 4 is 23.3 Å². The van der Waals surface area contributed by atoms with Crippen molar-refractivity contribution in [2.45, 2.75) is 13.1 Å². The van der Waals surface area contributed by atoms with Crippen LogP contribution in [-0.4, -0.2) is 56.2 Å². The zero-order chi connectivity index (χ0) is 23.9. The summed E-state index contributed by atoms with van der Waals surface area (Å²) in [7, 11) is 3.30. The molecule has 0 spiro atoms. The fourth-order valence-electron chi connectivity index (χ4n) is 4.00. The van der Waals surface area contributed by atoms with E-state index < -0.39 is 0 Å². The lowest BCUT2D eigenvalue weighted by Gasteiger charge is -2.35. The van der Waals surface area contributed by atoms with Crippen molar-refractivity contribution in [3.8, 4) is 11.5 Å². The van der Waals surface area contributed by atoms with E-state index in [-0.39, 0.29) is 5.91 Å². The zero-order valence-electron chi connectivity index (χ0n) is 19.5. The van der Waals surface area contributed by atoms with E-state index in [0.29, 0.717) is 17.1 Å². The molecule has 1 aliphatic heterocycles. The van der Waals surface area contributed by atoms with Gasteiger partial charge in [0.15, 0.2) is 11.5 Å². The molecule has 0 saturated carbocycles. The molecule has 8 heteroatoms. The Bertz CT molecular complexity index is 1120. The molecule has 1 fully saturated rings. The minimum Gasteiger partial charge on any atom is -0.493 e. The molecule has 1 aliphatic rings. The average Bonchev–Trinajstić information content (AvgIpc) is 2.88. The molecule has 1 amide bonds. The van der Waals surface area contributed by atoms with Crippen molar-refractivity contribution in [1.82, 2.24) is 15.2 Å². The molecular weight excluding hydrogens is 452 g/mol. The first-order valence-corrected chi connectivity index (χ1v) is 11.6. The highest BCUT2D eigenvalue weighted by molar-refractivity contribution is 6.30. The van der Waals surface area contributed by atoms with E-state index in [4.69, 9.17) is 21.1 Å². The number of methoxy groups -OCH3 is 2. The Kier molecular flexibility index (Phi) is 7.87. The molecule has 0 unspecified atom stereocenters. The van der Waals surface area contributed by atoms with Gasteiger partial charge in [-0.15, -0.1) is 0 Å². The van der Waals surface area contributed by atoms with Gasteiger partial charge in [0, 0.05) is 56.1 Å². The molecule has 3 aromatic rings. The highest BCUT2D eigenvalue weighted by atomic mass is 35.5. The van der Waals surface area contributed by atoms with Crippen LogP contribution in [0.4, 0.5) is 5.82 Å². The van der Waals surface area contributed by atoms with Crippen LogP contribution in [0, 0.1) is 0 Å². The van der Waals surface area contributed by atoms with Gasteiger partial charge in [0.05, 0.1) is 14.2 Å². The third-order valence-corrected chi connectivity index (χ3v) is 6.17. The second-order valence-electron chi connectivity index (χ2n) is 8.16. The van der Waals surface area contributed by atoms with Gasteiger partial charge < -0.3 is 19.7 Å². The van der Waals surface area contributed by atoms with E-state index in [1.165, 1.54) is 5.56 Å². The van der Waals surface area contributed by atoms with Gasteiger partial charge in [-0.05, 0) is 59.7 Å². The van der Waals surface area contributed by atoms with Gasteiger partial charge in [0.2, 0.25) is 0 Å². The first-order valence-electron chi connectivity index (χ1n) is 11.2. The number of hydrogen-bond donors (Lipinski definition) is 1. The van der Waals surface area contributed by atoms with Gasteiger partial charge in [0.25, 0.3) is 5.91 Å². The molecule has 178 valence electrons. The summed E-state index contributed by atoms with van der Waals surface area (Å²) in [6.45, 7) is 4.96. The minimum absolute atomic E-state index is 0.126. The number of nitrogens with one attached hydrogen (secondary N) is 1. The summed E-state index contributed by atoms with van der Waals surface area (Å²) in [5.41, 5.74) is 2.80. The second-order valence-corrected chi connectivity index (χ2v) is 8.60. The third-order valence-electron chi connectivity index (χ3n) is 5.92. The topological polar surface area (TPSA) is 66.9 Å². The SMILES string of the molecule is COc1ccc(CN2CCN(c3cc(CNC(=O)c4ccc(Cl)cc4)ccn3)CC2)cc1OC. The van der Waals surface area contributed by atoms with Crippen LogP contribution in [0.1, 0.15) is 21.5 Å². The van der Waals surface area contributed by atoms with E-state index >= 15 is 0 Å². The Balaban J connectivity index is 1.30. The van der Waals surface area contributed by atoms with Crippen LogP contribution in [0.25, 0.3) is 0 Å². The number of nitrogens with zero attached hydrogens (tertiary/aromatic N) is 3. The molecule has 1 saturated heterocycles. The van der Waals surface area contributed by atoms with Gasteiger partial charge in [-0.3, -0.25) is 9.69 Å². The fourth-order valence-corrected chi connectivity index (χ4v) is 4.13. The maximum Gasteiger partial charge on any atom is 0.251 e. The highest BCUT2D eigenvalue weighted by Gasteiger charge is 2.19. The molecule has 34 heavy (non-hydrogen) atoms. The lowest BCUT2D eigenvalue weighted by atomic mass is 10.1. The highest BCUT2D eigenvalue weighted by Crippen LogP contribution is 2.28. The summed E-state index contributed by atoms with van der Waals surface area (Å²) in [5.74, 6) is 2.30. The standard InChI is InChI=1S/C26H29ClN4O3/c1-33-23-8-3-20(15-24(23)34-2)18-30-11-13-31(14-12-30)25-16-19(9-10-28-25)17-29-26(32)21-4-6-22(27)7-5-21/h3-10,15-16H,11-14,17-18H2,1-2H3,(H,29,32). The summed E-state index contributed by atoms with van der Waals surface area (Å²) in [6.07, 6.45) is 1.80. The number of rotatable bonds is 8. The van der Waals surface area contributed by atoms with Crippen LogP contribution in [0.15, 0.2) is 60.8 Å². The van der Waals surface area contributed by atoms with Crippen LogP contribution in [0.3, 0.4) is 0 Å². The Morgan fingerprint density at radius 1 is 0.941 bits per heavy atom. The quantitative estimate of drug-likeness (QED) is 0.525. The van der Waals surface area contributed by atoms with Crippen molar-refractivity contribution < 1.29 is 14.3 Å². The number of benzene rings is 2. The minimum atomic E-state index is -0.126. The van der Waals surface area contributed by atoms with Crippen molar-refractivity contribution in [3.63, 3.8) is 0 Å². The molecule has 0 bridgehead atoms. The van der Waals surface area contributed by atoms with E-state index in [0.717, 1.165) is 55.6 Å². The van der Waals surface area contributed by atoms with E-state index in [1.807, 2.05) is 24.3 Å². The predicted octanol–water partition coefficient (Wildman–Crippen LogP) is 4.00. The molecule has 2 heterocycles. The first kappa shape index (κ1) is 23.9. The number of anilines is 1. The van der Waals surface area contributed by atoms with Crippen LogP contribution in [-0.2, 0) is 13.1 Å². The average molecular weight is 481 g/mol. The van der Waals surface area contributed by atoms with Crippen LogP contribution >= 0.6 is 11.6 Å². The number of aromatic nitrogens is 1. The van der Waals surface area contributed by atoms with E-state index in [2.05, 4.69) is 26.2 Å².